The van der Waals surface area contributed by atoms with Gasteiger partial charge in [-0.25, -0.2) is 4.98 Å². The van der Waals surface area contributed by atoms with Crippen LogP contribution in [0.1, 0.15) is 31.9 Å². The first-order chi connectivity index (χ1) is 26.2. The first kappa shape index (κ1) is 34.2. The smallest absolute Gasteiger partial charge is 0.143 e. The van der Waals surface area contributed by atoms with E-state index in [9.17, 15) is 5.11 Å². The van der Waals surface area contributed by atoms with Crippen LogP contribution in [0.25, 0.3) is 76.1 Å². The molecular formula is C48H35IN2O2S. The normalized spacial score (nSPS) is 12.1. The summed E-state index contributed by atoms with van der Waals surface area (Å²) >= 11 is 3.97. The lowest BCUT2D eigenvalue weighted by atomic mass is 9.85. The van der Waals surface area contributed by atoms with E-state index in [2.05, 4.69) is 140 Å². The predicted molar refractivity (Wildman–Crippen MR) is 235 cm³/mol. The summed E-state index contributed by atoms with van der Waals surface area (Å²) in [5.41, 5.74) is 12.3. The molecule has 0 bridgehead atoms. The molecule has 0 aliphatic carbocycles. The molecule has 7 aromatic carbocycles. The van der Waals surface area contributed by atoms with Crippen molar-refractivity contribution in [1.82, 2.24) is 4.98 Å². The van der Waals surface area contributed by atoms with Crippen LogP contribution in [-0.4, -0.2) is 16.3 Å². The van der Waals surface area contributed by atoms with E-state index in [0.717, 1.165) is 79.8 Å². The summed E-state index contributed by atoms with van der Waals surface area (Å²) in [4.78, 5) is 10.3. The average molecular weight is 831 g/mol. The fourth-order valence-electron chi connectivity index (χ4n) is 7.18. The van der Waals surface area contributed by atoms with Crippen molar-refractivity contribution < 1.29 is 9.52 Å². The molecule has 0 saturated carbocycles. The second kappa shape index (κ2) is 13.7. The van der Waals surface area contributed by atoms with Crippen molar-refractivity contribution >= 4 is 78.0 Å². The Morgan fingerprint density at radius 1 is 0.667 bits per heavy atom. The van der Waals surface area contributed by atoms with Crippen LogP contribution in [0, 0.1) is 3.57 Å². The zero-order valence-electron chi connectivity index (χ0n) is 30.0. The Hall–Kier alpha value is -5.57. The standard InChI is InChI=1S/C48H35IN2O2S/c1-48(2,3)40-27-34(49)24-33(45(40)52)28-50-41-21-9-7-18-38(41)47-51-44-39(37-20-12-19-36-35-17-8-10-22-42(35)53-46(36)37)25-32(26-43(44)54-47)31-16-11-15-30(23-31)29-13-5-4-6-14-29/h4-28,52H,1-3H3. The van der Waals surface area contributed by atoms with Crippen LogP contribution in [0.2, 0.25) is 0 Å². The zero-order chi connectivity index (χ0) is 37.0. The number of aliphatic imine (C=N–C) groups is 1. The molecule has 54 heavy (non-hydrogen) atoms. The molecule has 6 heteroatoms. The first-order valence-electron chi connectivity index (χ1n) is 17.9. The van der Waals surface area contributed by atoms with E-state index in [1.54, 1.807) is 17.6 Å². The molecule has 0 fully saturated rings. The summed E-state index contributed by atoms with van der Waals surface area (Å²) in [6.07, 6.45) is 1.77. The monoisotopic (exact) mass is 830 g/mol. The lowest BCUT2D eigenvalue weighted by Gasteiger charge is -2.21. The number of rotatable bonds is 6. The third-order valence-corrected chi connectivity index (χ3v) is 11.5. The molecule has 1 N–H and O–H groups in total. The Kier molecular flexibility index (Phi) is 8.67. The van der Waals surface area contributed by atoms with Crippen molar-refractivity contribution in [3.63, 3.8) is 0 Å². The maximum atomic E-state index is 11.3. The molecule has 2 heterocycles. The predicted octanol–water partition coefficient (Wildman–Crippen LogP) is 14.2. The number of halogens is 1. The van der Waals surface area contributed by atoms with Crippen molar-refractivity contribution in [3.05, 3.63) is 160 Å². The van der Waals surface area contributed by atoms with Crippen LogP contribution in [-0.2, 0) is 5.41 Å². The van der Waals surface area contributed by atoms with E-state index in [1.807, 2.05) is 48.5 Å². The number of nitrogens with zero attached hydrogens (tertiary/aromatic N) is 2. The third-order valence-electron chi connectivity index (χ3n) is 9.88. The highest BCUT2D eigenvalue weighted by molar-refractivity contribution is 14.1. The minimum Gasteiger partial charge on any atom is -0.507 e. The van der Waals surface area contributed by atoms with Crippen molar-refractivity contribution in [2.45, 2.75) is 26.2 Å². The number of thiazole rings is 1. The number of phenols is 1. The summed E-state index contributed by atoms with van der Waals surface area (Å²) < 4.78 is 8.70. The number of hydrogen-bond donors (Lipinski definition) is 1. The maximum absolute atomic E-state index is 11.3. The third kappa shape index (κ3) is 6.29. The van der Waals surface area contributed by atoms with Gasteiger partial charge < -0.3 is 9.52 Å². The van der Waals surface area contributed by atoms with E-state index in [-0.39, 0.29) is 11.2 Å². The Bertz CT molecular complexity index is 2900. The van der Waals surface area contributed by atoms with Gasteiger partial charge in [0.05, 0.1) is 15.9 Å². The highest BCUT2D eigenvalue weighted by Gasteiger charge is 2.22. The molecule has 0 spiro atoms. The number of aromatic nitrogens is 1. The fourth-order valence-corrected chi connectivity index (χ4v) is 8.89. The molecule has 0 aliphatic heterocycles. The maximum Gasteiger partial charge on any atom is 0.143 e. The van der Waals surface area contributed by atoms with Gasteiger partial charge in [-0.1, -0.05) is 118 Å². The molecule has 0 atom stereocenters. The highest BCUT2D eigenvalue weighted by atomic mass is 127. The molecule has 4 nitrogen and oxygen atoms in total. The first-order valence-corrected chi connectivity index (χ1v) is 19.8. The molecule has 2 aromatic heterocycles. The number of benzene rings is 7. The van der Waals surface area contributed by atoms with E-state index in [0.29, 0.717) is 5.56 Å². The van der Waals surface area contributed by atoms with Gasteiger partial charge in [0.1, 0.15) is 21.9 Å². The molecule has 0 amide bonds. The minimum absolute atomic E-state index is 0.209. The Morgan fingerprint density at radius 2 is 1.35 bits per heavy atom. The summed E-state index contributed by atoms with van der Waals surface area (Å²) in [5.74, 6) is 0.261. The van der Waals surface area contributed by atoms with E-state index < -0.39 is 0 Å². The van der Waals surface area contributed by atoms with Crippen molar-refractivity contribution in [2.75, 3.05) is 0 Å². The number of fused-ring (bicyclic) bond motifs is 4. The Balaban J connectivity index is 1.22. The Morgan fingerprint density at radius 3 is 2.19 bits per heavy atom. The van der Waals surface area contributed by atoms with Crippen LogP contribution in [0.5, 0.6) is 5.75 Å². The topological polar surface area (TPSA) is 58.6 Å². The summed E-state index contributed by atoms with van der Waals surface area (Å²) in [5, 5.41) is 14.3. The van der Waals surface area contributed by atoms with Gasteiger partial charge in [-0.15, -0.1) is 11.3 Å². The lowest BCUT2D eigenvalue weighted by Crippen LogP contribution is -2.12. The number of para-hydroxylation sites is 3. The molecule has 262 valence electrons. The van der Waals surface area contributed by atoms with Crippen molar-refractivity contribution in [3.8, 4) is 49.7 Å². The number of hydrogen-bond acceptors (Lipinski definition) is 5. The molecule has 9 aromatic rings. The van der Waals surface area contributed by atoms with Gasteiger partial charge in [-0.3, -0.25) is 4.99 Å². The molecule has 0 saturated heterocycles. The number of furan rings is 1. The second-order valence-corrected chi connectivity index (χ2v) is 16.8. The van der Waals surface area contributed by atoms with Crippen LogP contribution >= 0.6 is 33.9 Å². The van der Waals surface area contributed by atoms with E-state index in [4.69, 9.17) is 14.4 Å². The van der Waals surface area contributed by atoms with Crippen LogP contribution in [0.3, 0.4) is 0 Å². The average Bonchev–Trinajstić information content (AvgIpc) is 3.80. The van der Waals surface area contributed by atoms with Gasteiger partial charge in [0.25, 0.3) is 0 Å². The fraction of sp³-hybridized carbons (Fsp3) is 0.0833. The molecule has 9 rings (SSSR count). The number of aromatic hydroxyl groups is 1. The van der Waals surface area contributed by atoms with Crippen molar-refractivity contribution in [1.29, 1.82) is 0 Å². The molecule has 0 radical (unpaired) electrons. The molecule has 0 unspecified atom stereocenters. The minimum atomic E-state index is -0.209. The van der Waals surface area contributed by atoms with Gasteiger partial charge in [-0.2, -0.15) is 0 Å². The Labute approximate surface area is 331 Å². The SMILES string of the molecule is CC(C)(C)c1cc(I)cc(C=Nc2ccccc2-c2nc3c(-c4cccc5c4oc4ccccc45)cc(-c4cccc(-c5ccccc5)c4)cc3s2)c1O. The van der Waals surface area contributed by atoms with Gasteiger partial charge >= 0.3 is 0 Å². The molecular weight excluding hydrogens is 796 g/mol. The lowest BCUT2D eigenvalue weighted by molar-refractivity contribution is 0.445. The largest absolute Gasteiger partial charge is 0.507 e. The van der Waals surface area contributed by atoms with Crippen LogP contribution in [0.15, 0.2) is 155 Å². The van der Waals surface area contributed by atoms with Gasteiger partial charge in [0.2, 0.25) is 0 Å². The number of phenolic OH excluding ortho intramolecular Hbond substituents is 1. The van der Waals surface area contributed by atoms with E-state index in [1.165, 1.54) is 11.1 Å². The summed E-state index contributed by atoms with van der Waals surface area (Å²) in [6.45, 7) is 6.32. The molecule has 0 aliphatic rings. The van der Waals surface area contributed by atoms with Crippen LogP contribution in [0.4, 0.5) is 5.69 Å². The highest BCUT2D eigenvalue weighted by Crippen LogP contribution is 2.45. The quantitative estimate of drug-likeness (QED) is 0.134. The van der Waals surface area contributed by atoms with Gasteiger partial charge in [0, 0.05) is 48.4 Å². The van der Waals surface area contributed by atoms with E-state index >= 15 is 0 Å². The zero-order valence-corrected chi connectivity index (χ0v) is 32.9. The van der Waals surface area contributed by atoms with Gasteiger partial charge in [0.15, 0.2) is 0 Å². The van der Waals surface area contributed by atoms with Crippen molar-refractivity contribution in [2.24, 2.45) is 4.99 Å². The van der Waals surface area contributed by atoms with Gasteiger partial charge in [-0.05, 0) is 98.8 Å². The second-order valence-electron chi connectivity index (χ2n) is 14.5. The summed E-state index contributed by atoms with van der Waals surface area (Å²) in [7, 11) is 0. The van der Waals surface area contributed by atoms with Crippen LogP contribution < -0.4 is 0 Å². The summed E-state index contributed by atoms with van der Waals surface area (Å²) in [6, 6.07) is 50.4.